The molecular formula is C17H28N2O. The van der Waals surface area contributed by atoms with Gasteiger partial charge in [-0.05, 0) is 39.4 Å². The van der Waals surface area contributed by atoms with Crippen molar-refractivity contribution in [2.45, 2.75) is 45.8 Å². The Morgan fingerprint density at radius 3 is 2.65 bits per heavy atom. The van der Waals surface area contributed by atoms with Crippen LogP contribution in [0.25, 0.3) is 0 Å². The van der Waals surface area contributed by atoms with E-state index in [0.29, 0.717) is 0 Å². The fourth-order valence-electron chi connectivity index (χ4n) is 3.00. The molecule has 0 bridgehead atoms. The minimum Gasteiger partial charge on any atom is -0.486 e. The minimum absolute atomic E-state index is 0.175. The molecular weight excluding hydrogens is 248 g/mol. The molecule has 20 heavy (non-hydrogen) atoms. The van der Waals surface area contributed by atoms with Crippen LogP contribution in [0.2, 0.25) is 0 Å². The third-order valence-corrected chi connectivity index (χ3v) is 4.06. The summed E-state index contributed by atoms with van der Waals surface area (Å²) in [5.74, 6) is 1.02. The van der Waals surface area contributed by atoms with Gasteiger partial charge in [-0.2, -0.15) is 0 Å². The third-order valence-electron chi connectivity index (χ3n) is 4.06. The zero-order valence-corrected chi connectivity index (χ0v) is 13.3. The number of fused-ring (bicyclic) bond motifs is 1. The molecule has 0 radical (unpaired) electrons. The van der Waals surface area contributed by atoms with E-state index in [-0.39, 0.29) is 11.6 Å². The van der Waals surface area contributed by atoms with Gasteiger partial charge in [0, 0.05) is 18.7 Å². The predicted molar refractivity (Wildman–Crippen MR) is 84.3 cm³/mol. The van der Waals surface area contributed by atoms with Gasteiger partial charge in [-0.3, -0.25) is 0 Å². The van der Waals surface area contributed by atoms with E-state index in [1.54, 1.807) is 0 Å². The predicted octanol–water partition coefficient (Wildman–Crippen LogP) is 3.22. The molecule has 0 saturated carbocycles. The van der Waals surface area contributed by atoms with Gasteiger partial charge in [0.15, 0.2) is 0 Å². The highest BCUT2D eigenvalue weighted by Gasteiger charge is 2.40. The quantitative estimate of drug-likeness (QED) is 0.827. The molecule has 1 aromatic rings. The standard InChI is InChI=1S/C17H28N2O/c1-5-12-19(6-2)13-11-18-16-14-9-7-8-10-15(14)20-17(16,3)4/h7-10,16,18H,5-6,11-13H2,1-4H3. The average Bonchev–Trinajstić information content (AvgIpc) is 2.68. The summed E-state index contributed by atoms with van der Waals surface area (Å²) in [7, 11) is 0. The van der Waals surface area contributed by atoms with Crippen LogP contribution in [0.5, 0.6) is 5.75 Å². The lowest BCUT2D eigenvalue weighted by molar-refractivity contribution is 0.0950. The van der Waals surface area contributed by atoms with Crippen molar-refractivity contribution in [1.29, 1.82) is 0 Å². The summed E-state index contributed by atoms with van der Waals surface area (Å²) >= 11 is 0. The maximum absolute atomic E-state index is 6.06. The number of nitrogens with zero attached hydrogens (tertiary/aromatic N) is 1. The summed E-state index contributed by atoms with van der Waals surface area (Å²) in [6.07, 6.45) is 1.22. The van der Waals surface area contributed by atoms with Gasteiger partial charge < -0.3 is 15.0 Å². The molecule has 0 amide bonds. The van der Waals surface area contributed by atoms with Gasteiger partial charge >= 0.3 is 0 Å². The molecule has 1 atom stereocenters. The summed E-state index contributed by atoms with van der Waals surface area (Å²) in [5, 5.41) is 3.68. The van der Waals surface area contributed by atoms with Crippen LogP contribution < -0.4 is 10.1 Å². The van der Waals surface area contributed by atoms with Gasteiger partial charge in [0.1, 0.15) is 11.4 Å². The Hall–Kier alpha value is -1.06. The zero-order valence-electron chi connectivity index (χ0n) is 13.3. The summed E-state index contributed by atoms with van der Waals surface area (Å²) < 4.78 is 6.06. The van der Waals surface area contributed by atoms with Gasteiger partial charge in [0.25, 0.3) is 0 Å². The second-order valence-electron chi connectivity index (χ2n) is 6.06. The molecule has 1 aliphatic rings. The summed E-state index contributed by atoms with van der Waals surface area (Å²) in [5.41, 5.74) is 1.11. The normalized spacial score (nSPS) is 19.9. The Morgan fingerprint density at radius 2 is 1.95 bits per heavy atom. The number of rotatable bonds is 7. The lowest BCUT2D eigenvalue weighted by Crippen LogP contribution is -2.42. The molecule has 3 nitrogen and oxygen atoms in total. The SMILES string of the molecule is CCCN(CC)CCNC1c2ccccc2OC1(C)C. The van der Waals surface area contributed by atoms with Crippen molar-refractivity contribution >= 4 is 0 Å². The summed E-state index contributed by atoms with van der Waals surface area (Å²) in [6, 6.07) is 8.64. The van der Waals surface area contributed by atoms with E-state index in [1.807, 2.05) is 6.07 Å². The van der Waals surface area contributed by atoms with Crippen molar-refractivity contribution < 1.29 is 4.74 Å². The summed E-state index contributed by atoms with van der Waals surface area (Å²) in [4.78, 5) is 2.49. The van der Waals surface area contributed by atoms with Gasteiger partial charge in [-0.25, -0.2) is 0 Å². The maximum Gasteiger partial charge on any atom is 0.125 e. The van der Waals surface area contributed by atoms with E-state index in [4.69, 9.17) is 4.74 Å². The van der Waals surface area contributed by atoms with Crippen LogP contribution in [0.4, 0.5) is 0 Å². The first-order valence-corrected chi connectivity index (χ1v) is 7.82. The Bertz CT molecular complexity index is 431. The Labute approximate surface area is 123 Å². The van der Waals surface area contributed by atoms with Crippen LogP contribution >= 0.6 is 0 Å². The lowest BCUT2D eigenvalue weighted by atomic mass is 9.94. The van der Waals surface area contributed by atoms with E-state index in [9.17, 15) is 0 Å². The highest BCUT2D eigenvalue weighted by molar-refractivity contribution is 5.42. The van der Waals surface area contributed by atoms with Gasteiger partial charge in [-0.15, -0.1) is 0 Å². The maximum atomic E-state index is 6.06. The first-order valence-electron chi connectivity index (χ1n) is 7.82. The summed E-state index contributed by atoms with van der Waals surface area (Å²) in [6.45, 7) is 13.2. The first-order chi connectivity index (χ1) is 9.58. The van der Waals surface area contributed by atoms with E-state index in [2.05, 4.69) is 56.1 Å². The Kier molecular flexibility index (Phi) is 5.06. The van der Waals surface area contributed by atoms with Crippen molar-refractivity contribution in [3.8, 4) is 5.75 Å². The van der Waals surface area contributed by atoms with Gasteiger partial charge in [-0.1, -0.05) is 32.0 Å². The average molecular weight is 276 g/mol. The highest BCUT2D eigenvalue weighted by atomic mass is 16.5. The second-order valence-corrected chi connectivity index (χ2v) is 6.06. The molecule has 0 fully saturated rings. The molecule has 112 valence electrons. The second kappa shape index (κ2) is 6.59. The highest BCUT2D eigenvalue weighted by Crippen LogP contribution is 2.42. The van der Waals surface area contributed by atoms with Crippen LogP contribution in [0.15, 0.2) is 24.3 Å². The number of hydrogen-bond acceptors (Lipinski definition) is 3. The van der Waals surface area contributed by atoms with Crippen LogP contribution in [0.1, 0.15) is 45.7 Å². The van der Waals surface area contributed by atoms with Crippen molar-refractivity contribution in [1.82, 2.24) is 10.2 Å². The van der Waals surface area contributed by atoms with Crippen molar-refractivity contribution in [3.05, 3.63) is 29.8 Å². The van der Waals surface area contributed by atoms with Crippen LogP contribution in [0, 0.1) is 0 Å². The van der Waals surface area contributed by atoms with Crippen molar-refractivity contribution in [2.24, 2.45) is 0 Å². The van der Waals surface area contributed by atoms with Crippen LogP contribution in [-0.4, -0.2) is 36.7 Å². The Morgan fingerprint density at radius 1 is 1.20 bits per heavy atom. The Balaban J connectivity index is 1.95. The number of hydrogen-bond donors (Lipinski definition) is 1. The first kappa shape index (κ1) is 15.3. The van der Waals surface area contributed by atoms with Gasteiger partial charge in [0.2, 0.25) is 0 Å². The number of nitrogens with one attached hydrogen (secondary N) is 1. The lowest BCUT2D eigenvalue weighted by Gasteiger charge is -2.28. The van der Waals surface area contributed by atoms with E-state index < -0.39 is 0 Å². The number of ether oxygens (including phenoxy) is 1. The van der Waals surface area contributed by atoms with E-state index in [0.717, 1.165) is 25.4 Å². The fourth-order valence-corrected chi connectivity index (χ4v) is 3.00. The minimum atomic E-state index is -0.175. The van der Waals surface area contributed by atoms with E-state index in [1.165, 1.54) is 18.5 Å². The number of para-hydroxylation sites is 1. The molecule has 3 heteroatoms. The molecule has 0 spiro atoms. The van der Waals surface area contributed by atoms with Crippen molar-refractivity contribution in [2.75, 3.05) is 26.2 Å². The smallest absolute Gasteiger partial charge is 0.125 e. The molecule has 1 N–H and O–H groups in total. The molecule has 1 unspecified atom stereocenters. The molecule has 1 aliphatic heterocycles. The largest absolute Gasteiger partial charge is 0.486 e. The fraction of sp³-hybridized carbons (Fsp3) is 0.647. The number of likely N-dealkylation sites (N-methyl/N-ethyl adjacent to an activating group) is 1. The molecule has 1 aromatic carbocycles. The molecule has 2 rings (SSSR count). The number of benzene rings is 1. The van der Waals surface area contributed by atoms with E-state index >= 15 is 0 Å². The monoisotopic (exact) mass is 276 g/mol. The zero-order chi connectivity index (χ0) is 14.6. The van der Waals surface area contributed by atoms with Crippen LogP contribution in [0.3, 0.4) is 0 Å². The molecule has 0 saturated heterocycles. The molecule has 1 heterocycles. The third kappa shape index (κ3) is 3.33. The molecule has 0 aromatic heterocycles. The molecule has 0 aliphatic carbocycles. The topological polar surface area (TPSA) is 24.5 Å². The van der Waals surface area contributed by atoms with Crippen molar-refractivity contribution in [3.63, 3.8) is 0 Å². The van der Waals surface area contributed by atoms with Gasteiger partial charge in [0.05, 0.1) is 6.04 Å². The van der Waals surface area contributed by atoms with Crippen LogP contribution in [-0.2, 0) is 0 Å².